The van der Waals surface area contributed by atoms with Crippen LogP contribution in [0.3, 0.4) is 0 Å². The smallest absolute Gasteiger partial charge is 0.317 e. The third-order valence-electron chi connectivity index (χ3n) is 2.53. The van der Waals surface area contributed by atoms with Crippen molar-refractivity contribution in [2.45, 2.75) is 13.0 Å². The van der Waals surface area contributed by atoms with Gasteiger partial charge in [0.05, 0.1) is 12.6 Å². The Morgan fingerprint density at radius 1 is 1.53 bits per heavy atom. The Morgan fingerprint density at radius 2 is 2.24 bits per heavy atom. The second-order valence-corrected chi connectivity index (χ2v) is 5.14. The molecular formula is C11H19N3O2S. The summed E-state index contributed by atoms with van der Waals surface area (Å²) < 4.78 is 0. The molecule has 0 saturated heterocycles. The van der Waals surface area contributed by atoms with Gasteiger partial charge in [0, 0.05) is 24.7 Å². The molecule has 0 radical (unpaired) electrons. The van der Waals surface area contributed by atoms with Crippen LogP contribution < -0.4 is 0 Å². The van der Waals surface area contributed by atoms with Gasteiger partial charge in [-0.2, -0.15) is 0 Å². The van der Waals surface area contributed by atoms with Gasteiger partial charge in [-0.15, -0.1) is 11.3 Å². The summed E-state index contributed by atoms with van der Waals surface area (Å²) in [7, 11) is 3.96. The first kappa shape index (κ1) is 14.1. The van der Waals surface area contributed by atoms with Gasteiger partial charge in [-0.3, -0.25) is 9.69 Å². The highest BCUT2D eigenvalue weighted by Crippen LogP contribution is 2.21. The molecule has 1 aromatic heterocycles. The highest BCUT2D eigenvalue weighted by Gasteiger charge is 2.20. The van der Waals surface area contributed by atoms with Crippen molar-refractivity contribution in [3.05, 3.63) is 16.6 Å². The van der Waals surface area contributed by atoms with E-state index in [2.05, 4.69) is 4.98 Å². The quantitative estimate of drug-likeness (QED) is 0.794. The lowest BCUT2D eigenvalue weighted by atomic mass is 10.3. The minimum atomic E-state index is -0.799. The summed E-state index contributed by atoms with van der Waals surface area (Å²) in [6.07, 6.45) is 1.75. The van der Waals surface area contributed by atoms with Crippen molar-refractivity contribution in [1.29, 1.82) is 0 Å². The monoisotopic (exact) mass is 257 g/mol. The first-order valence-electron chi connectivity index (χ1n) is 5.50. The van der Waals surface area contributed by atoms with Gasteiger partial charge in [0.25, 0.3) is 0 Å². The first-order chi connectivity index (χ1) is 8.00. The Morgan fingerprint density at radius 3 is 2.71 bits per heavy atom. The number of hydrogen-bond acceptors (Lipinski definition) is 5. The molecule has 0 amide bonds. The fourth-order valence-electron chi connectivity index (χ4n) is 1.51. The van der Waals surface area contributed by atoms with Gasteiger partial charge >= 0.3 is 5.97 Å². The molecular weight excluding hydrogens is 238 g/mol. The number of carboxylic acids is 1. The summed E-state index contributed by atoms with van der Waals surface area (Å²) in [6.45, 7) is 3.61. The van der Waals surface area contributed by atoms with Crippen molar-refractivity contribution in [2.24, 2.45) is 0 Å². The van der Waals surface area contributed by atoms with E-state index in [0.717, 1.165) is 18.1 Å². The Labute approximate surface area is 106 Å². The number of carboxylic acid groups (broad SMARTS) is 1. The van der Waals surface area contributed by atoms with Crippen molar-refractivity contribution in [3.8, 4) is 0 Å². The van der Waals surface area contributed by atoms with Crippen LogP contribution in [0.2, 0.25) is 0 Å². The molecule has 0 aliphatic heterocycles. The van der Waals surface area contributed by atoms with Crippen LogP contribution in [0.15, 0.2) is 11.6 Å². The molecule has 0 aliphatic carbocycles. The Bertz CT molecular complexity index is 340. The van der Waals surface area contributed by atoms with E-state index in [-0.39, 0.29) is 12.6 Å². The number of thiazole rings is 1. The maximum atomic E-state index is 10.9. The van der Waals surface area contributed by atoms with E-state index in [9.17, 15) is 4.79 Å². The van der Waals surface area contributed by atoms with Crippen LogP contribution in [0.25, 0.3) is 0 Å². The maximum Gasteiger partial charge on any atom is 0.317 e. The summed E-state index contributed by atoms with van der Waals surface area (Å²) in [5.74, 6) is -0.799. The molecule has 1 heterocycles. The molecule has 96 valence electrons. The number of nitrogens with zero attached hydrogens (tertiary/aromatic N) is 3. The number of hydrogen-bond donors (Lipinski definition) is 1. The minimum absolute atomic E-state index is 0.0473. The van der Waals surface area contributed by atoms with E-state index >= 15 is 0 Å². The predicted octanol–water partition coefficient (Wildman–Crippen LogP) is 1.15. The summed E-state index contributed by atoms with van der Waals surface area (Å²) in [4.78, 5) is 19.1. The van der Waals surface area contributed by atoms with Crippen LogP contribution in [0.4, 0.5) is 0 Å². The van der Waals surface area contributed by atoms with Crippen LogP contribution >= 0.6 is 11.3 Å². The number of rotatable bonds is 7. The van der Waals surface area contributed by atoms with Crippen molar-refractivity contribution < 1.29 is 9.90 Å². The van der Waals surface area contributed by atoms with Gasteiger partial charge in [-0.05, 0) is 21.0 Å². The van der Waals surface area contributed by atoms with Crippen LogP contribution in [0, 0.1) is 0 Å². The zero-order chi connectivity index (χ0) is 12.8. The molecule has 0 aromatic carbocycles. The van der Waals surface area contributed by atoms with Gasteiger partial charge in [-0.25, -0.2) is 4.98 Å². The highest BCUT2D eigenvalue weighted by molar-refractivity contribution is 7.09. The largest absolute Gasteiger partial charge is 0.480 e. The summed E-state index contributed by atoms with van der Waals surface area (Å²) in [6, 6.07) is 0.0473. The van der Waals surface area contributed by atoms with Gasteiger partial charge in [0.1, 0.15) is 5.01 Å². The molecule has 1 atom stereocenters. The predicted molar refractivity (Wildman–Crippen MR) is 68.3 cm³/mol. The molecule has 1 aromatic rings. The van der Waals surface area contributed by atoms with Gasteiger partial charge in [0.15, 0.2) is 0 Å². The average Bonchev–Trinajstić information content (AvgIpc) is 2.75. The fraction of sp³-hybridized carbons (Fsp3) is 0.636. The fourth-order valence-corrected chi connectivity index (χ4v) is 2.24. The highest BCUT2D eigenvalue weighted by atomic mass is 32.1. The van der Waals surface area contributed by atoms with Crippen molar-refractivity contribution >= 4 is 17.3 Å². The normalized spacial score (nSPS) is 13.2. The van der Waals surface area contributed by atoms with Crippen molar-refractivity contribution in [1.82, 2.24) is 14.8 Å². The van der Waals surface area contributed by atoms with Crippen molar-refractivity contribution in [2.75, 3.05) is 33.7 Å². The van der Waals surface area contributed by atoms with Crippen LogP contribution in [0.1, 0.15) is 18.0 Å². The molecule has 6 heteroatoms. The van der Waals surface area contributed by atoms with Gasteiger partial charge in [-0.1, -0.05) is 0 Å². The Hall–Kier alpha value is -0.980. The van der Waals surface area contributed by atoms with E-state index in [1.54, 1.807) is 17.5 Å². The molecule has 0 saturated carbocycles. The molecule has 0 fully saturated rings. The zero-order valence-electron chi connectivity index (χ0n) is 10.5. The minimum Gasteiger partial charge on any atom is -0.480 e. The van der Waals surface area contributed by atoms with Crippen molar-refractivity contribution in [3.63, 3.8) is 0 Å². The Kier molecular flexibility index (Phi) is 5.54. The average molecular weight is 257 g/mol. The lowest BCUT2D eigenvalue weighted by Gasteiger charge is -2.27. The molecule has 17 heavy (non-hydrogen) atoms. The first-order valence-corrected chi connectivity index (χ1v) is 6.38. The van der Waals surface area contributed by atoms with Crippen LogP contribution in [0.5, 0.6) is 0 Å². The van der Waals surface area contributed by atoms with E-state index in [1.165, 1.54) is 0 Å². The summed E-state index contributed by atoms with van der Waals surface area (Å²) in [5.41, 5.74) is 0. The second kappa shape index (κ2) is 6.68. The number of aliphatic carboxylic acids is 1. The lowest BCUT2D eigenvalue weighted by molar-refractivity contribution is -0.138. The van der Waals surface area contributed by atoms with Gasteiger partial charge in [0.2, 0.25) is 0 Å². The van der Waals surface area contributed by atoms with E-state index < -0.39 is 5.97 Å². The molecule has 0 bridgehead atoms. The second-order valence-electron chi connectivity index (χ2n) is 4.21. The van der Waals surface area contributed by atoms with E-state index in [0.29, 0.717) is 0 Å². The topological polar surface area (TPSA) is 56.7 Å². The summed E-state index contributed by atoms with van der Waals surface area (Å²) in [5, 5.41) is 11.8. The number of aromatic nitrogens is 1. The third-order valence-corrected chi connectivity index (χ3v) is 3.48. The molecule has 0 aliphatic rings. The van der Waals surface area contributed by atoms with Crippen LogP contribution in [-0.2, 0) is 4.79 Å². The molecule has 1 rings (SSSR count). The molecule has 1 unspecified atom stereocenters. The zero-order valence-corrected chi connectivity index (χ0v) is 11.3. The number of likely N-dealkylation sites (N-methyl/N-ethyl adjacent to an activating group) is 1. The maximum absolute atomic E-state index is 10.9. The molecule has 0 spiro atoms. The number of carbonyl (C=O) groups is 1. The standard InChI is InChI=1S/C11H19N3O2S/c1-9(11-12-4-7-17-11)14(8-10(15)16)6-5-13(2)3/h4,7,9H,5-6,8H2,1-3H3,(H,15,16). The van der Waals surface area contributed by atoms with E-state index in [4.69, 9.17) is 5.11 Å². The van der Waals surface area contributed by atoms with Crippen LogP contribution in [-0.4, -0.2) is 59.6 Å². The third kappa shape index (κ3) is 4.80. The SMILES string of the molecule is CC(c1nccs1)N(CCN(C)C)CC(=O)O. The van der Waals surface area contributed by atoms with Gasteiger partial charge < -0.3 is 10.0 Å². The molecule has 1 N–H and O–H groups in total. The van der Waals surface area contributed by atoms with E-state index in [1.807, 2.05) is 36.2 Å². The lowest BCUT2D eigenvalue weighted by Crippen LogP contribution is -2.37. The summed E-state index contributed by atoms with van der Waals surface area (Å²) >= 11 is 1.56. The Balaban J connectivity index is 2.64. The molecule has 5 nitrogen and oxygen atoms in total.